The number of benzene rings is 2. The summed E-state index contributed by atoms with van der Waals surface area (Å²) in [4.78, 5) is 0. The molecule has 1 aromatic heterocycles. The van der Waals surface area contributed by atoms with Crippen molar-refractivity contribution in [3.05, 3.63) is 63.9 Å². The van der Waals surface area contributed by atoms with E-state index in [1.54, 1.807) is 24.4 Å². The van der Waals surface area contributed by atoms with E-state index in [0.717, 1.165) is 11.1 Å². The summed E-state index contributed by atoms with van der Waals surface area (Å²) in [5.41, 5.74) is 1.58. The second-order valence-corrected chi connectivity index (χ2v) is 5.70. The molecule has 0 bridgehead atoms. The van der Waals surface area contributed by atoms with Gasteiger partial charge in [0.2, 0.25) is 4.77 Å². The van der Waals surface area contributed by atoms with Gasteiger partial charge in [-0.05, 0) is 54.2 Å². The molecule has 1 heterocycles. The van der Waals surface area contributed by atoms with Crippen LogP contribution in [0.2, 0.25) is 5.02 Å². The van der Waals surface area contributed by atoms with Crippen LogP contribution in [0.5, 0.6) is 5.75 Å². The summed E-state index contributed by atoms with van der Waals surface area (Å²) in [7, 11) is 0. The molecule has 0 spiro atoms. The van der Waals surface area contributed by atoms with Crippen LogP contribution >= 0.6 is 23.8 Å². The van der Waals surface area contributed by atoms with E-state index >= 15 is 0 Å². The lowest BCUT2D eigenvalue weighted by Crippen LogP contribution is -1.96. The van der Waals surface area contributed by atoms with Gasteiger partial charge in [0.1, 0.15) is 11.8 Å². The highest BCUT2D eigenvalue weighted by molar-refractivity contribution is 7.71. The number of rotatable bonds is 5. The fourth-order valence-electron chi connectivity index (χ4n) is 2.11. The molecule has 0 saturated heterocycles. The van der Waals surface area contributed by atoms with E-state index in [0.29, 0.717) is 21.4 Å². The number of halogens is 1. The van der Waals surface area contributed by atoms with Crippen molar-refractivity contribution in [2.24, 2.45) is 5.10 Å². The van der Waals surface area contributed by atoms with Gasteiger partial charge in [0, 0.05) is 5.56 Å². The molecule has 1 N–H and O–H groups in total. The lowest BCUT2D eigenvalue weighted by atomic mass is 10.2. The van der Waals surface area contributed by atoms with Gasteiger partial charge >= 0.3 is 0 Å². The summed E-state index contributed by atoms with van der Waals surface area (Å²) in [5.74, 6) is 1.15. The molecule has 0 aliphatic rings. The number of nitriles is 1. The third-order valence-electron chi connectivity index (χ3n) is 3.27. The Labute approximate surface area is 154 Å². The number of nitrogens with zero attached hydrogens (tertiary/aromatic N) is 4. The Hall–Kier alpha value is -2.95. The highest BCUT2D eigenvalue weighted by Gasteiger charge is 2.11. The van der Waals surface area contributed by atoms with Crippen LogP contribution in [-0.4, -0.2) is 27.7 Å². The predicted molar refractivity (Wildman–Crippen MR) is 98.4 cm³/mol. The van der Waals surface area contributed by atoms with E-state index in [-0.39, 0.29) is 6.61 Å². The largest absolute Gasteiger partial charge is 0.479 e. The van der Waals surface area contributed by atoms with E-state index < -0.39 is 0 Å². The molecule has 0 saturated carbocycles. The Kier molecular flexibility index (Phi) is 5.23. The van der Waals surface area contributed by atoms with Crippen molar-refractivity contribution in [2.45, 2.75) is 0 Å². The minimum atomic E-state index is 0.0127. The Morgan fingerprint density at radius 1 is 1.28 bits per heavy atom. The van der Waals surface area contributed by atoms with Crippen LogP contribution in [0.25, 0.3) is 11.4 Å². The molecular weight excluding hydrogens is 358 g/mol. The number of hydrogen-bond donors (Lipinski definition) is 1. The van der Waals surface area contributed by atoms with Gasteiger partial charge in [0.25, 0.3) is 0 Å². The van der Waals surface area contributed by atoms with E-state index in [1.807, 2.05) is 36.4 Å². The molecule has 0 unspecified atom stereocenters. The van der Waals surface area contributed by atoms with Gasteiger partial charge in [-0.2, -0.15) is 20.1 Å². The highest BCUT2D eigenvalue weighted by Crippen LogP contribution is 2.25. The number of hydrogen-bond acceptors (Lipinski definition) is 5. The molecule has 6 nitrogen and oxygen atoms in total. The molecule has 0 aliphatic carbocycles. The Balaban J connectivity index is 1.88. The molecule has 0 aliphatic heterocycles. The zero-order valence-corrected chi connectivity index (χ0v) is 14.5. The van der Waals surface area contributed by atoms with Crippen LogP contribution in [0.15, 0.2) is 53.6 Å². The number of aromatic nitrogens is 3. The fourth-order valence-corrected chi connectivity index (χ4v) is 2.51. The molecule has 124 valence electrons. The Bertz CT molecular complexity index is 1000. The van der Waals surface area contributed by atoms with Crippen LogP contribution in [0.1, 0.15) is 5.56 Å². The maximum absolute atomic E-state index is 8.51. The quantitative estimate of drug-likeness (QED) is 0.543. The van der Waals surface area contributed by atoms with Crippen LogP contribution in [-0.2, 0) is 0 Å². The minimum Gasteiger partial charge on any atom is -0.479 e. The van der Waals surface area contributed by atoms with E-state index in [1.165, 1.54) is 4.68 Å². The molecular formula is C17H12ClN5OS. The molecule has 0 atom stereocenters. The number of nitrogens with one attached hydrogen (secondary N) is 1. The van der Waals surface area contributed by atoms with Crippen molar-refractivity contribution < 1.29 is 4.74 Å². The summed E-state index contributed by atoms with van der Waals surface area (Å²) in [6, 6.07) is 16.5. The average Bonchev–Trinajstić information content (AvgIpc) is 3.00. The van der Waals surface area contributed by atoms with Crippen LogP contribution in [0, 0.1) is 16.1 Å². The van der Waals surface area contributed by atoms with Gasteiger partial charge in [-0.15, -0.1) is 0 Å². The predicted octanol–water partition coefficient (Wildman–Crippen LogP) is 4.05. The van der Waals surface area contributed by atoms with Crippen molar-refractivity contribution in [3.63, 3.8) is 0 Å². The van der Waals surface area contributed by atoms with E-state index in [4.69, 9.17) is 33.8 Å². The van der Waals surface area contributed by atoms with Gasteiger partial charge in [-0.25, -0.2) is 5.10 Å². The molecule has 0 amide bonds. The summed E-state index contributed by atoms with van der Waals surface area (Å²) in [6.07, 6.45) is 1.65. The average molecular weight is 370 g/mol. The zero-order valence-electron chi connectivity index (χ0n) is 12.9. The van der Waals surface area contributed by atoms with Gasteiger partial charge in [0.15, 0.2) is 12.4 Å². The summed E-state index contributed by atoms with van der Waals surface area (Å²) in [6.45, 7) is 0.0127. The topological polar surface area (TPSA) is 79.0 Å². The molecule has 0 radical (unpaired) electrons. The second-order valence-electron chi connectivity index (χ2n) is 4.90. The maximum atomic E-state index is 8.51. The van der Waals surface area contributed by atoms with Crippen LogP contribution in [0.4, 0.5) is 0 Å². The molecule has 3 rings (SSSR count). The molecule has 2 aromatic carbocycles. The van der Waals surface area contributed by atoms with Crippen molar-refractivity contribution >= 4 is 30.0 Å². The summed E-state index contributed by atoms with van der Waals surface area (Å²) in [5, 5.41) is 20.4. The fraction of sp³-hybridized carbons (Fsp3) is 0.0588. The van der Waals surface area contributed by atoms with Gasteiger partial charge in [-0.1, -0.05) is 23.7 Å². The molecule has 25 heavy (non-hydrogen) atoms. The number of aromatic amines is 1. The summed E-state index contributed by atoms with van der Waals surface area (Å²) < 4.78 is 7.08. The Morgan fingerprint density at radius 2 is 2.04 bits per heavy atom. The first-order chi connectivity index (χ1) is 12.2. The van der Waals surface area contributed by atoms with Crippen LogP contribution in [0.3, 0.4) is 0 Å². The number of ether oxygens (including phenoxy) is 1. The first-order valence-electron chi connectivity index (χ1n) is 7.25. The van der Waals surface area contributed by atoms with Crippen molar-refractivity contribution in [1.82, 2.24) is 14.9 Å². The highest BCUT2D eigenvalue weighted by atomic mass is 35.5. The monoisotopic (exact) mass is 369 g/mol. The lowest BCUT2D eigenvalue weighted by molar-refractivity contribution is 0.368. The van der Waals surface area contributed by atoms with Gasteiger partial charge in [-0.3, -0.25) is 0 Å². The number of H-pyrrole nitrogens is 1. The van der Waals surface area contributed by atoms with Crippen LogP contribution < -0.4 is 4.74 Å². The minimum absolute atomic E-state index is 0.0127. The third kappa shape index (κ3) is 3.94. The zero-order chi connectivity index (χ0) is 17.6. The van der Waals surface area contributed by atoms with Crippen molar-refractivity contribution in [2.75, 3.05) is 6.61 Å². The Morgan fingerprint density at radius 3 is 2.76 bits per heavy atom. The first-order valence-corrected chi connectivity index (χ1v) is 8.04. The smallest absolute Gasteiger partial charge is 0.216 e. The SMILES string of the molecule is N#CCOc1ccc(/C=N\n2c(-c3ccccc3Cl)n[nH]c2=S)cc1. The first kappa shape index (κ1) is 16.9. The van der Waals surface area contributed by atoms with Gasteiger partial charge in [0.05, 0.1) is 11.2 Å². The third-order valence-corrected chi connectivity index (χ3v) is 3.86. The standard InChI is InChI=1S/C17H12ClN5OS/c18-15-4-2-1-3-14(15)16-21-22-17(25)23(16)20-11-12-5-7-13(8-6-12)24-10-9-19/h1-8,11H,10H2,(H,22,25)/b20-11-. The maximum Gasteiger partial charge on any atom is 0.216 e. The normalized spacial score (nSPS) is 10.7. The molecule has 3 aromatic rings. The van der Waals surface area contributed by atoms with E-state index in [2.05, 4.69) is 15.3 Å². The lowest BCUT2D eigenvalue weighted by Gasteiger charge is -2.03. The van der Waals surface area contributed by atoms with Crippen molar-refractivity contribution in [1.29, 1.82) is 5.26 Å². The van der Waals surface area contributed by atoms with Gasteiger partial charge < -0.3 is 4.74 Å². The second kappa shape index (κ2) is 7.75. The summed E-state index contributed by atoms with van der Waals surface area (Å²) >= 11 is 11.5. The van der Waals surface area contributed by atoms with Crippen molar-refractivity contribution in [3.8, 4) is 23.2 Å². The van der Waals surface area contributed by atoms with E-state index in [9.17, 15) is 0 Å². The molecule has 0 fully saturated rings. The molecule has 8 heteroatoms.